The van der Waals surface area contributed by atoms with Gasteiger partial charge in [0.1, 0.15) is 17.3 Å². The lowest BCUT2D eigenvalue weighted by atomic mass is 10.2. The zero-order valence-electron chi connectivity index (χ0n) is 16.5. The highest BCUT2D eigenvalue weighted by Gasteiger charge is 2.16. The Balaban J connectivity index is 1.75. The number of methoxy groups -OCH3 is 2. The summed E-state index contributed by atoms with van der Waals surface area (Å²) < 4.78 is 50.5. The molecule has 0 unspecified atom stereocenters. The second kappa shape index (κ2) is 9.23. The van der Waals surface area contributed by atoms with Crippen LogP contribution in [0.2, 0.25) is 5.02 Å². The Morgan fingerprint density at radius 1 is 0.935 bits per heavy atom. The molecular weight excluding hydrogens is 447 g/mol. The first-order chi connectivity index (χ1) is 14.7. The van der Waals surface area contributed by atoms with Crippen LogP contribution in [0.25, 0.3) is 0 Å². The van der Waals surface area contributed by atoms with Crippen LogP contribution in [0.3, 0.4) is 0 Å². The van der Waals surface area contributed by atoms with E-state index in [9.17, 15) is 17.6 Å². The summed E-state index contributed by atoms with van der Waals surface area (Å²) >= 11 is 6.11. The van der Waals surface area contributed by atoms with E-state index in [1.807, 2.05) is 0 Å². The number of rotatable bonds is 7. The van der Waals surface area contributed by atoms with Gasteiger partial charge >= 0.3 is 0 Å². The average molecular weight is 465 g/mol. The topological polar surface area (TPSA) is 93.7 Å². The molecule has 162 valence electrons. The van der Waals surface area contributed by atoms with E-state index in [-0.39, 0.29) is 16.1 Å². The molecule has 3 aromatic carbocycles. The summed E-state index contributed by atoms with van der Waals surface area (Å²) in [6.07, 6.45) is 0. The van der Waals surface area contributed by atoms with Gasteiger partial charge in [0.15, 0.2) is 0 Å². The van der Waals surface area contributed by atoms with E-state index in [2.05, 4.69) is 10.0 Å². The highest BCUT2D eigenvalue weighted by molar-refractivity contribution is 7.92. The number of carbonyl (C=O) groups is 1. The van der Waals surface area contributed by atoms with Crippen LogP contribution in [-0.2, 0) is 10.0 Å². The standard InChI is InChI=1S/C21H18ClFN2O5S/c1-29-19-12-20(30-2)18(11-17(19)22)24-21(26)13-3-7-15(8-4-13)25-31(27,28)16-9-5-14(23)6-10-16/h3-12,25H,1-2H3,(H,24,26). The summed E-state index contributed by atoms with van der Waals surface area (Å²) in [5.41, 5.74) is 0.865. The van der Waals surface area contributed by atoms with Crippen molar-refractivity contribution in [1.82, 2.24) is 0 Å². The van der Waals surface area contributed by atoms with Crippen LogP contribution in [0.4, 0.5) is 15.8 Å². The van der Waals surface area contributed by atoms with E-state index >= 15 is 0 Å². The van der Waals surface area contributed by atoms with Gasteiger partial charge in [-0.2, -0.15) is 0 Å². The first kappa shape index (κ1) is 22.4. The predicted octanol–water partition coefficient (Wildman–Crippen LogP) is 4.55. The number of nitrogens with one attached hydrogen (secondary N) is 2. The molecule has 0 saturated carbocycles. The maximum absolute atomic E-state index is 13.0. The fourth-order valence-electron chi connectivity index (χ4n) is 2.67. The van der Waals surface area contributed by atoms with Crippen molar-refractivity contribution in [3.05, 3.63) is 77.1 Å². The van der Waals surface area contributed by atoms with Crippen LogP contribution in [-0.4, -0.2) is 28.5 Å². The SMILES string of the molecule is COc1cc(OC)c(NC(=O)c2ccc(NS(=O)(=O)c3ccc(F)cc3)cc2)cc1Cl. The number of hydrogen-bond acceptors (Lipinski definition) is 5. The molecule has 3 aromatic rings. The van der Waals surface area contributed by atoms with Crippen LogP contribution in [0.1, 0.15) is 10.4 Å². The van der Waals surface area contributed by atoms with Crippen LogP contribution in [0.15, 0.2) is 65.6 Å². The molecule has 0 aliphatic heterocycles. The molecule has 0 atom stereocenters. The van der Waals surface area contributed by atoms with Crippen molar-refractivity contribution in [2.75, 3.05) is 24.3 Å². The van der Waals surface area contributed by atoms with Gasteiger partial charge < -0.3 is 14.8 Å². The molecule has 31 heavy (non-hydrogen) atoms. The minimum atomic E-state index is -3.89. The Morgan fingerprint density at radius 3 is 2.13 bits per heavy atom. The number of benzene rings is 3. The summed E-state index contributed by atoms with van der Waals surface area (Å²) in [6, 6.07) is 13.3. The molecule has 0 saturated heterocycles. The van der Waals surface area contributed by atoms with Crippen molar-refractivity contribution in [3.8, 4) is 11.5 Å². The zero-order valence-corrected chi connectivity index (χ0v) is 18.1. The van der Waals surface area contributed by atoms with E-state index in [1.165, 1.54) is 44.6 Å². The number of amides is 1. The van der Waals surface area contributed by atoms with E-state index in [1.54, 1.807) is 6.07 Å². The number of hydrogen-bond donors (Lipinski definition) is 2. The van der Waals surface area contributed by atoms with E-state index < -0.39 is 21.7 Å². The molecule has 0 spiro atoms. The molecule has 0 aliphatic carbocycles. The first-order valence-electron chi connectivity index (χ1n) is 8.85. The van der Waals surface area contributed by atoms with E-state index in [4.69, 9.17) is 21.1 Å². The molecular formula is C21H18ClFN2O5S. The number of ether oxygens (including phenoxy) is 2. The van der Waals surface area contributed by atoms with Gasteiger partial charge in [-0.3, -0.25) is 9.52 Å². The second-order valence-electron chi connectivity index (χ2n) is 6.28. The van der Waals surface area contributed by atoms with E-state index in [0.717, 1.165) is 24.3 Å². The third-order valence-electron chi connectivity index (χ3n) is 4.25. The fraction of sp³-hybridized carbons (Fsp3) is 0.0952. The summed E-state index contributed by atoms with van der Waals surface area (Å²) in [6.45, 7) is 0. The number of sulfonamides is 1. The third-order valence-corrected chi connectivity index (χ3v) is 5.94. The molecule has 0 heterocycles. The van der Waals surface area contributed by atoms with Crippen molar-refractivity contribution in [2.45, 2.75) is 4.90 Å². The lowest BCUT2D eigenvalue weighted by Gasteiger charge is -2.13. The normalized spacial score (nSPS) is 11.0. The molecule has 10 heteroatoms. The number of halogens is 2. The van der Waals surface area contributed by atoms with Crippen LogP contribution in [0, 0.1) is 5.82 Å². The van der Waals surface area contributed by atoms with Crippen LogP contribution >= 0.6 is 11.6 Å². The maximum atomic E-state index is 13.0. The number of anilines is 2. The predicted molar refractivity (Wildman–Crippen MR) is 116 cm³/mol. The van der Waals surface area contributed by atoms with Crippen molar-refractivity contribution >= 4 is 38.9 Å². The summed E-state index contributed by atoms with van der Waals surface area (Å²) in [4.78, 5) is 12.5. The highest BCUT2D eigenvalue weighted by Crippen LogP contribution is 2.36. The van der Waals surface area contributed by atoms with Gasteiger partial charge in [-0.25, -0.2) is 12.8 Å². The van der Waals surface area contributed by atoms with Gasteiger partial charge in [0.05, 0.1) is 29.8 Å². The average Bonchev–Trinajstić information content (AvgIpc) is 2.74. The van der Waals surface area contributed by atoms with Crippen molar-refractivity contribution in [3.63, 3.8) is 0 Å². The lowest BCUT2D eigenvalue weighted by molar-refractivity contribution is 0.102. The molecule has 7 nitrogen and oxygen atoms in total. The van der Waals surface area contributed by atoms with Crippen LogP contribution in [0.5, 0.6) is 11.5 Å². The Kier molecular flexibility index (Phi) is 6.67. The fourth-order valence-corrected chi connectivity index (χ4v) is 3.97. The Hall–Kier alpha value is -3.30. The van der Waals surface area contributed by atoms with Gasteiger partial charge in [0.25, 0.3) is 15.9 Å². The molecule has 1 amide bonds. The summed E-state index contributed by atoms with van der Waals surface area (Å²) in [5, 5.41) is 2.99. The van der Waals surface area contributed by atoms with Gasteiger partial charge in [-0.05, 0) is 54.6 Å². The minimum Gasteiger partial charge on any atom is -0.495 e. The monoisotopic (exact) mass is 464 g/mol. The quantitative estimate of drug-likeness (QED) is 0.535. The molecule has 2 N–H and O–H groups in total. The third kappa shape index (κ3) is 5.25. The summed E-state index contributed by atoms with van der Waals surface area (Å²) in [5.74, 6) is -0.232. The van der Waals surface area contributed by atoms with Crippen LogP contribution < -0.4 is 19.5 Å². The van der Waals surface area contributed by atoms with Gasteiger partial charge in [0, 0.05) is 17.3 Å². The number of carbonyl (C=O) groups excluding carboxylic acids is 1. The zero-order chi connectivity index (χ0) is 22.6. The largest absolute Gasteiger partial charge is 0.495 e. The Labute approximate surface area is 183 Å². The van der Waals surface area contributed by atoms with Gasteiger partial charge in [0.2, 0.25) is 0 Å². The lowest BCUT2D eigenvalue weighted by Crippen LogP contribution is -2.14. The maximum Gasteiger partial charge on any atom is 0.261 e. The molecule has 0 aliphatic rings. The molecule has 0 radical (unpaired) electrons. The van der Waals surface area contributed by atoms with Crippen molar-refractivity contribution in [2.24, 2.45) is 0 Å². The smallest absolute Gasteiger partial charge is 0.261 e. The Bertz CT molecular complexity index is 1200. The Morgan fingerprint density at radius 2 is 1.55 bits per heavy atom. The molecule has 0 aromatic heterocycles. The minimum absolute atomic E-state index is 0.0841. The molecule has 0 bridgehead atoms. The van der Waals surface area contributed by atoms with Gasteiger partial charge in [-0.15, -0.1) is 0 Å². The van der Waals surface area contributed by atoms with Crippen molar-refractivity contribution < 1.29 is 27.1 Å². The van der Waals surface area contributed by atoms with Crippen molar-refractivity contribution in [1.29, 1.82) is 0 Å². The summed E-state index contributed by atoms with van der Waals surface area (Å²) in [7, 11) is -0.985. The molecule has 3 rings (SSSR count). The molecule has 0 fully saturated rings. The van der Waals surface area contributed by atoms with Gasteiger partial charge in [-0.1, -0.05) is 11.6 Å². The highest BCUT2D eigenvalue weighted by atomic mass is 35.5. The first-order valence-corrected chi connectivity index (χ1v) is 10.7. The van der Waals surface area contributed by atoms with E-state index in [0.29, 0.717) is 22.2 Å². The second-order valence-corrected chi connectivity index (χ2v) is 8.37.